The molecule has 0 spiro atoms. The first kappa shape index (κ1) is 13.6. The van der Waals surface area contributed by atoms with Gasteiger partial charge in [0.15, 0.2) is 5.84 Å². The highest BCUT2D eigenvalue weighted by Gasteiger charge is 2.00. The lowest BCUT2D eigenvalue weighted by molar-refractivity contribution is 0.318. The van der Waals surface area contributed by atoms with Crippen LogP contribution in [0.15, 0.2) is 41.6 Å². The molecule has 1 aromatic heterocycles. The lowest BCUT2D eigenvalue weighted by Gasteiger charge is -2.05. The second-order valence-electron chi connectivity index (χ2n) is 4.30. The Labute approximate surface area is 116 Å². The summed E-state index contributed by atoms with van der Waals surface area (Å²) in [5, 5.41) is 14.9. The highest BCUT2D eigenvalue weighted by molar-refractivity contribution is 7.11. The summed E-state index contributed by atoms with van der Waals surface area (Å²) in [7, 11) is 0. The van der Waals surface area contributed by atoms with Crippen LogP contribution in [0.4, 0.5) is 0 Å². The van der Waals surface area contributed by atoms with Crippen molar-refractivity contribution in [3.63, 3.8) is 0 Å². The Bertz CT molecular complexity index is 560. The van der Waals surface area contributed by atoms with Gasteiger partial charge in [-0.2, -0.15) is 0 Å². The van der Waals surface area contributed by atoms with E-state index in [0.29, 0.717) is 0 Å². The Morgan fingerprint density at radius 2 is 1.95 bits per heavy atom. The van der Waals surface area contributed by atoms with E-state index < -0.39 is 0 Å². The largest absolute Gasteiger partial charge is 0.409 e. The molecule has 0 aliphatic heterocycles. The number of hydrogen-bond donors (Lipinski definition) is 3. The molecule has 1 aromatic carbocycles. The van der Waals surface area contributed by atoms with Crippen molar-refractivity contribution in [2.45, 2.75) is 20.0 Å². The summed E-state index contributed by atoms with van der Waals surface area (Å²) in [6.07, 6.45) is 0. The SMILES string of the molecule is Cc1ccc(CNCc2ccc(C(N)=NO)cc2)s1. The monoisotopic (exact) mass is 275 g/mol. The van der Waals surface area contributed by atoms with Crippen molar-refractivity contribution in [1.29, 1.82) is 0 Å². The van der Waals surface area contributed by atoms with E-state index in [1.54, 1.807) is 0 Å². The Morgan fingerprint density at radius 3 is 2.53 bits per heavy atom. The Balaban J connectivity index is 1.86. The molecular weight excluding hydrogens is 258 g/mol. The summed E-state index contributed by atoms with van der Waals surface area (Å²) in [5.74, 6) is 0.133. The summed E-state index contributed by atoms with van der Waals surface area (Å²) in [6, 6.07) is 11.9. The molecule has 2 rings (SSSR count). The van der Waals surface area contributed by atoms with Gasteiger partial charge in [-0.25, -0.2) is 0 Å². The molecule has 0 aliphatic carbocycles. The average molecular weight is 275 g/mol. The molecule has 0 bridgehead atoms. The number of nitrogens with zero attached hydrogens (tertiary/aromatic N) is 1. The number of nitrogens with one attached hydrogen (secondary N) is 1. The molecule has 4 nitrogen and oxygen atoms in total. The Hall–Kier alpha value is -1.85. The standard InChI is InChI=1S/C14H17N3OS/c1-10-2-7-13(19-10)9-16-8-11-3-5-12(6-4-11)14(15)17-18/h2-7,16,18H,8-9H2,1H3,(H2,15,17). The highest BCUT2D eigenvalue weighted by Crippen LogP contribution is 2.14. The van der Waals surface area contributed by atoms with Crippen molar-refractivity contribution < 1.29 is 5.21 Å². The average Bonchev–Trinajstić information content (AvgIpc) is 2.84. The van der Waals surface area contributed by atoms with Crippen LogP contribution >= 0.6 is 11.3 Å². The van der Waals surface area contributed by atoms with Gasteiger partial charge in [0.25, 0.3) is 0 Å². The number of rotatable bonds is 5. The van der Waals surface area contributed by atoms with E-state index in [2.05, 4.69) is 29.5 Å². The van der Waals surface area contributed by atoms with E-state index in [1.165, 1.54) is 15.3 Å². The van der Waals surface area contributed by atoms with Gasteiger partial charge >= 0.3 is 0 Å². The molecule has 5 heteroatoms. The topological polar surface area (TPSA) is 70.6 Å². The summed E-state index contributed by atoms with van der Waals surface area (Å²) < 4.78 is 0. The van der Waals surface area contributed by atoms with E-state index in [-0.39, 0.29) is 5.84 Å². The smallest absolute Gasteiger partial charge is 0.170 e. The predicted octanol–water partition coefficient (Wildman–Crippen LogP) is 2.44. The molecule has 0 radical (unpaired) electrons. The molecule has 0 saturated heterocycles. The van der Waals surface area contributed by atoms with Crippen LogP contribution in [0.3, 0.4) is 0 Å². The lowest BCUT2D eigenvalue weighted by Crippen LogP contribution is -2.14. The highest BCUT2D eigenvalue weighted by atomic mass is 32.1. The molecule has 100 valence electrons. The lowest BCUT2D eigenvalue weighted by atomic mass is 10.1. The number of amidine groups is 1. The van der Waals surface area contributed by atoms with Crippen molar-refractivity contribution in [2.75, 3.05) is 0 Å². The fraction of sp³-hybridized carbons (Fsp3) is 0.214. The van der Waals surface area contributed by atoms with Crippen LogP contribution in [0.5, 0.6) is 0 Å². The number of nitrogens with two attached hydrogens (primary N) is 1. The van der Waals surface area contributed by atoms with Gasteiger partial charge in [0.2, 0.25) is 0 Å². The summed E-state index contributed by atoms with van der Waals surface area (Å²) in [6.45, 7) is 3.79. The molecule has 2 aromatic rings. The third-order valence-electron chi connectivity index (χ3n) is 2.78. The first-order valence-corrected chi connectivity index (χ1v) is 6.83. The van der Waals surface area contributed by atoms with Crippen molar-refractivity contribution >= 4 is 17.2 Å². The van der Waals surface area contributed by atoms with Crippen LogP contribution in [0.2, 0.25) is 0 Å². The molecule has 0 unspecified atom stereocenters. The molecule has 0 aliphatic rings. The zero-order chi connectivity index (χ0) is 13.7. The van der Waals surface area contributed by atoms with Crippen molar-refractivity contribution in [3.8, 4) is 0 Å². The molecule has 1 heterocycles. The minimum Gasteiger partial charge on any atom is -0.409 e. The van der Waals surface area contributed by atoms with Gasteiger partial charge in [-0.3, -0.25) is 0 Å². The third kappa shape index (κ3) is 3.81. The van der Waals surface area contributed by atoms with Crippen LogP contribution in [0, 0.1) is 6.92 Å². The maximum absolute atomic E-state index is 8.58. The van der Waals surface area contributed by atoms with E-state index in [0.717, 1.165) is 18.7 Å². The maximum atomic E-state index is 8.58. The van der Waals surface area contributed by atoms with E-state index in [9.17, 15) is 0 Å². The Morgan fingerprint density at radius 1 is 1.21 bits per heavy atom. The predicted molar refractivity (Wildman–Crippen MR) is 78.6 cm³/mol. The second kappa shape index (κ2) is 6.36. The summed E-state index contributed by atoms with van der Waals surface area (Å²) >= 11 is 1.81. The van der Waals surface area contributed by atoms with Crippen LogP contribution in [0.25, 0.3) is 0 Å². The van der Waals surface area contributed by atoms with Crippen LogP contribution in [0.1, 0.15) is 20.9 Å². The molecule has 0 saturated carbocycles. The number of oxime groups is 1. The minimum absolute atomic E-state index is 0.133. The van der Waals surface area contributed by atoms with Crippen molar-refractivity contribution in [2.24, 2.45) is 10.9 Å². The van der Waals surface area contributed by atoms with Gasteiger partial charge in [-0.1, -0.05) is 29.4 Å². The number of benzene rings is 1. The molecule has 0 fully saturated rings. The summed E-state index contributed by atoms with van der Waals surface area (Å²) in [5.41, 5.74) is 7.40. The third-order valence-corrected chi connectivity index (χ3v) is 3.78. The van der Waals surface area contributed by atoms with Crippen LogP contribution in [-0.4, -0.2) is 11.0 Å². The van der Waals surface area contributed by atoms with Gasteiger partial charge in [0, 0.05) is 28.4 Å². The first-order valence-electron chi connectivity index (χ1n) is 6.02. The van der Waals surface area contributed by atoms with E-state index in [4.69, 9.17) is 10.9 Å². The molecular formula is C14H17N3OS. The zero-order valence-electron chi connectivity index (χ0n) is 10.8. The first-order chi connectivity index (χ1) is 9.19. The Kier molecular flexibility index (Phi) is 4.54. The normalized spacial score (nSPS) is 11.7. The van der Waals surface area contributed by atoms with E-state index >= 15 is 0 Å². The van der Waals surface area contributed by atoms with Gasteiger partial charge in [-0.15, -0.1) is 11.3 Å². The minimum atomic E-state index is 0.133. The maximum Gasteiger partial charge on any atom is 0.170 e. The quantitative estimate of drug-likeness (QED) is 0.340. The molecule has 19 heavy (non-hydrogen) atoms. The fourth-order valence-electron chi connectivity index (χ4n) is 1.76. The van der Waals surface area contributed by atoms with Gasteiger partial charge in [-0.05, 0) is 24.6 Å². The van der Waals surface area contributed by atoms with Gasteiger partial charge in [0.1, 0.15) is 0 Å². The number of aryl methyl sites for hydroxylation is 1. The second-order valence-corrected chi connectivity index (χ2v) is 5.67. The molecule has 0 atom stereocenters. The zero-order valence-corrected chi connectivity index (χ0v) is 11.6. The fourth-order valence-corrected chi connectivity index (χ4v) is 2.62. The van der Waals surface area contributed by atoms with Crippen LogP contribution < -0.4 is 11.1 Å². The van der Waals surface area contributed by atoms with Crippen molar-refractivity contribution in [1.82, 2.24) is 5.32 Å². The molecule has 4 N–H and O–H groups in total. The number of hydrogen-bond acceptors (Lipinski definition) is 4. The van der Waals surface area contributed by atoms with Crippen LogP contribution in [-0.2, 0) is 13.1 Å². The van der Waals surface area contributed by atoms with Crippen molar-refractivity contribution in [3.05, 3.63) is 57.3 Å². The molecule has 0 amide bonds. The van der Waals surface area contributed by atoms with Gasteiger partial charge < -0.3 is 16.3 Å². The number of thiophene rings is 1. The van der Waals surface area contributed by atoms with Gasteiger partial charge in [0.05, 0.1) is 0 Å². The summed E-state index contributed by atoms with van der Waals surface area (Å²) in [4.78, 5) is 2.67. The van der Waals surface area contributed by atoms with E-state index in [1.807, 2.05) is 35.6 Å².